The summed E-state index contributed by atoms with van der Waals surface area (Å²) in [4.78, 5) is 0. The Morgan fingerprint density at radius 1 is 0.875 bits per heavy atom. The second-order valence-corrected chi connectivity index (χ2v) is 6.43. The van der Waals surface area contributed by atoms with E-state index in [2.05, 4.69) is 75.5 Å². The Kier molecular flexibility index (Phi) is 6.81. The quantitative estimate of drug-likeness (QED) is 0.467. The average molecular weight is 316 g/mol. The summed E-state index contributed by atoms with van der Waals surface area (Å²) in [6.07, 6.45) is 7.99. The molecule has 0 saturated carbocycles. The number of aryl methyl sites for hydroxylation is 3. The smallest absolute Gasteiger partial charge is 0.00945 e. The minimum absolute atomic E-state index is 0.903. The predicted molar refractivity (Wildman–Crippen MR) is 107 cm³/mol. The first-order valence-corrected chi connectivity index (χ1v) is 8.69. The topological polar surface area (TPSA) is 0 Å². The van der Waals surface area contributed by atoms with Crippen LogP contribution in [0.2, 0.25) is 0 Å². The van der Waals surface area contributed by atoms with Crippen molar-refractivity contribution >= 4 is 5.57 Å². The van der Waals surface area contributed by atoms with Crippen molar-refractivity contribution < 1.29 is 0 Å². The molecule has 0 radical (unpaired) electrons. The molecule has 24 heavy (non-hydrogen) atoms. The summed E-state index contributed by atoms with van der Waals surface area (Å²) in [6, 6.07) is 17.6. The van der Waals surface area contributed by atoms with E-state index in [-0.39, 0.29) is 0 Å². The molecule has 0 fully saturated rings. The lowest BCUT2D eigenvalue weighted by molar-refractivity contribution is 0.908. The fraction of sp³-hybridized carbons (Fsp3) is 0.250. The van der Waals surface area contributed by atoms with Crippen LogP contribution in [0.1, 0.15) is 41.5 Å². The second kappa shape index (κ2) is 9.08. The van der Waals surface area contributed by atoms with E-state index in [0.29, 0.717) is 0 Å². The van der Waals surface area contributed by atoms with Crippen LogP contribution < -0.4 is 0 Å². The van der Waals surface area contributed by atoms with Gasteiger partial charge < -0.3 is 0 Å². The Labute approximate surface area is 147 Å². The van der Waals surface area contributed by atoms with Gasteiger partial charge in [-0.25, -0.2) is 0 Å². The molecule has 0 bridgehead atoms. The van der Waals surface area contributed by atoms with E-state index in [1.54, 1.807) is 0 Å². The van der Waals surface area contributed by atoms with Gasteiger partial charge in [0.1, 0.15) is 0 Å². The largest absolute Gasteiger partial charge is 0.103 e. The molecule has 0 unspecified atom stereocenters. The molecule has 0 heterocycles. The van der Waals surface area contributed by atoms with Crippen molar-refractivity contribution in [1.29, 1.82) is 0 Å². The molecule has 0 aliphatic rings. The van der Waals surface area contributed by atoms with Gasteiger partial charge in [0.05, 0.1) is 0 Å². The van der Waals surface area contributed by atoms with Crippen LogP contribution in [0.3, 0.4) is 0 Å². The summed E-state index contributed by atoms with van der Waals surface area (Å²) in [5.74, 6) is 0. The third kappa shape index (κ3) is 5.09. The third-order valence-electron chi connectivity index (χ3n) is 4.33. The minimum atomic E-state index is 0.903. The molecular formula is C24H28. The molecule has 0 aliphatic carbocycles. The lowest BCUT2D eigenvalue weighted by Gasteiger charge is -2.15. The zero-order valence-corrected chi connectivity index (χ0v) is 15.0. The Morgan fingerprint density at radius 3 is 2.17 bits per heavy atom. The molecule has 2 aromatic rings. The van der Waals surface area contributed by atoms with Gasteiger partial charge in [0.2, 0.25) is 0 Å². The lowest BCUT2D eigenvalue weighted by atomic mass is 9.90. The first kappa shape index (κ1) is 18.0. The van der Waals surface area contributed by atoms with Crippen molar-refractivity contribution in [2.24, 2.45) is 0 Å². The van der Waals surface area contributed by atoms with E-state index in [1.165, 1.54) is 33.4 Å². The number of rotatable bonds is 8. The van der Waals surface area contributed by atoms with Gasteiger partial charge in [0.15, 0.2) is 0 Å². The molecule has 0 aliphatic heterocycles. The van der Waals surface area contributed by atoms with Crippen molar-refractivity contribution in [1.82, 2.24) is 0 Å². The highest BCUT2D eigenvalue weighted by molar-refractivity contribution is 5.70. The highest BCUT2D eigenvalue weighted by Gasteiger charge is 2.08. The van der Waals surface area contributed by atoms with E-state index in [9.17, 15) is 0 Å². The number of allylic oxidation sites excluding steroid dienone is 4. The van der Waals surface area contributed by atoms with Crippen molar-refractivity contribution in [2.75, 3.05) is 0 Å². The van der Waals surface area contributed by atoms with E-state index >= 15 is 0 Å². The summed E-state index contributed by atoms with van der Waals surface area (Å²) in [7, 11) is 0. The highest BCUT2D eigenvalue weighted by Crippen LogP contribution is 2.29. The molecule has 0 N–H and O–H groups in total. The highest BCUT2D eigenvalue weighted by atomic mass is 14.1. The number of hydrogen-bond donors (Lipinski definition) is 0. The summed E-state index contributed by atoms with van der Waals surface area (Å²) in [6.45, 7) is 12.2. The van der Waals surface area contributed by atoms with Crippen LogP contribution in [-0.4, -0.2) is 0 Å². The molecule has 0 nitrogen and oxygen atoms in total. The van der Waals surface area contributed by atoms with Crippen LogP contribution in [-0.2, 0) is 6.42 Å². The van der Waals surface area contributed by atoms with Gasteiger partial charge in [0, 0.05) is 0 Å². The third-order valence-corrected chi connectivity index (χ3v) is 4.33. The van der Waals surface area contributed by atoms with Gasteiger partial charge in [0.25, 0.3) is 0 Å². The van der Waals surface area contributed by atoms with Gasteiger partial charge in [-0.15, -0.1) is 13.2 Å². The molecule has 0 spiro atoms. The van der Waals surface area contributed by atoms with E-state index in [4.69, 9.17) is 0 Å². The van der Waals surface area contributed by atoms with Crippen LogP contribution in [0.15, 0.2) is 79.4 Å². The zero-order valence-electron chi connectivity index (χ0n) is 15.0. The second-order valence-electron chi connectivity index (χ2n) is 6.43. The molecule has 2 rings (SSSR count). The molecule has 0 saturated heterocycles. The molecule has 2 aromatic carbocycles. The standard InChI is InChI=1S/C24H28/c1-5-9-22(16-15-21-13-7-11-19(3)17-21)24(10-6-2)23-14-8-12-20(4)18-23/h5-8,11-14,17-18H,1-2,9-10,15-16H2,3-4H3. The number of benzene rings is 2. The summed E-state index contributed by atoms with van der Waals surface area (Å²) in [5.41, 5.74) is 8.21. The van der Waals surface area contributed by atoms with Gasteiger partial charge in [-0.05, 0) is 56.2 Å². The number of hydrogen-bond acceptors (Lipinski definition) is 0. The fourth-order valence-corrected chi connectivity index (χ4v) is 3.16. The first-order valence-electron chi connectivity index (χ1n) is 8.69. The molecular weight excluding hydrogens is 288 g/mol. The molecule has 0 heteroatoms. The molecule has 0 atom stereocenters. The molecule has 124 valence electrons. The fourth-order valence-electron chi connectivity index (χ4n) is 3.16. The average Bonchev–Trinajstić information content (AvgIpc) is 2.57. The van der Waals surface area contributed by atoms with Crippen LogP contribution in [0.4, 0.5) is 0 Å². The molecule has 0 aromatic heterocycles. The monoisotopic (exact) mass is 316 g/mol. The van der Waals surface area contributed by atoms with Crippen molar-refractivity contribution in [3.05, 3.63) is 102 Å². The van der Waals surface area contributed by atoms with Crippen LogP contribution in [0.5, 0.6) is 0 Å². The van der Waals surface area contributed by atoms with Gasteiger partial charge in [-0.2, -0.15) is 0 Å². The maximum Gasteiger partial charge on any atom is -0.00945 e. The van der Waals surface area contributed by atoms with Crippen molar-refractivity contribution in [2.45, 2.75) is 39.5 Å². The SMILES string of the molecule is C=CCC(CCc1cccc(C)c1)=C(CC=C)c1cccc(C)c1. The van der Waals surface area contributed by atoms with E-state index < -0.39 is 0 Å². The summed E-state index contributed by atoms with van der Waals surface area (Å²) >= 11 is 0. The predicted octanol–water partition coefficient (Wildman–Crippen LogP) is 6.84. The molecule has 0 amide bonds. The maximum absolute atomic E-state index is 3.96. The Hall–Kier alpha value is -2.34. The van der Waals surface area contributed by atoms with Crippen molar-refractivity contribution in [3.63, 3.8) is 0 Å². The Balaban J connectivity index is 2.33. The normalized spacial score (nSPS) is 11.8. The lowest BCUT2D eigenvalue weighted by Crippen LogP contribution is -1.96. The van der Waals surface area contributed by atoms with E-state index in [0.717, 1.165) is 25.7 Å². The van der Waals surface area contributed by atoms with Crippen LogP contribution in [0, 0.1) is 13.8 Å². The van der Waals surface area contributed by atoms with E-state index in [1.807, 2.05) is 12.2 Å². The zero-order chi connectivity index (χ0) is 17.4. The van der Waals surface area contributed by atoms with Crippen LogP contribution >= 0.6 is 0 Å². The summed E-state index contributed by atoms with van der Waals surface area (Å²) in [5, 5.41) is 0. The maximum atomic E-state index is 3.96. The first-order chi connectivity index (χ1) is 11.6. The van der Waals surface area contributed by atoms with Gasteiger partial charge >= 0.3 is 0 Å². The van der Waals surface area contributed by atoms with Gasteiger partial charge in [-0.3, -0.25) is 0 Å². The summed E-state index contributed by atoms with van der Waals surface area (Å²) < 4.78 is 0. The minimum Gasteiger partial charge on any atom is -0.103 e. The van der Waals surface area contributed by atoms with Crippen molar-refractivity contribution in [3.8, 4) is 0 Å². The van der Waals surface area contributed by atoms with Gasteiger partial charge in [-0.1, -0.05) is 77.4 Å². The Bertz CT molecular complexity index is 731. The Morgan fingerprint density at radius 2 is 1.54 bits per heavy atom. The van der Waals surface area contributed by atoms with Crippen LogP contribution in [0.25, 0.3) is 5.57 Å².